The molecular weight excluding hydrogens is 288 g/mol. The molecule has 108 valence electrons. The highest BCUT2D eigenvalue weighted by Crippen LogP contribution is 2.29. The van der Waals surface area contributed by atoms with Crippen molar-refractivity contribution in [3.63, 3.8) is 0 Å². The van der Waals surface area contributed by atoms with E-state index in [1.165, 1.54) is 19.1 Å². The van der Waals surface area contributed by atoms with E-state index in [4.69, 9.17) is 0 Å². The maximum atomic E-state index is 12.0. The van der Waals surface area contributed by atoms with Crippen LogP contribution in [0.2, 0.25) is 0 Å². The molecule has 1 fully saturated rings. The fraction of sp³-hybridized carbons (Fsp3) is 0.385. The van der Waals surface area contributed by atoms with Crippen molar-refractivity contribution in [3.05, 3.63) is 24.3 Å². The van der Waals surface area contributed by atoms with Crippen LogP contribution >= 0.6 is 11.8 Å². The quantitative estimate of drug-likeness (QED) is 0.858. The maximum absolute atomic E-state index is 12.0. The van der Waals surface area contributed by atoms with Gasteiger partial charge in [-0.05, 0) is 24.3 Å². The van der Waals surface area contributed by atoms with Crippen LogP contribution in [0, 0.1) is 0 Å². The summed E-state index contributed by atoms with van der Waals surface area (Å²) in [4.78, 5) is 24.5. The second-order valence-electron chi connectivity index (χ2n) is 4.31. The zero-order chi connectivity index (χ0) is 14.7. The van der Waals surface area contributed by atoms with E-state index in [1.807, 2.05) is 0 Å². The Morgan fingerprint density at radius 3 is 2.60 bits per heavy atom. The minimum absolute atomic E-state index is 0.0228. The number of hydrogen-bond acceptors (Lipinski definition) is 4. The van der Waals surface area contributed by atoms with Gasteiger partial charge in [0.15, 0.2) is 5.12 Å². The first-order valence-corrected chi connectivity index (χ1v) is 6.86. The SMILES string of the molecule is CC(=O)SC1CC(=O)N(c2ccc(OC(F)F)cc2)C1. The van der Waals surface area contributed by atoms with E-state index in [0.717, 1.165) is 11.8 Å². The molecule has 1 saturated heterocycles. The Hall–Kier alpha value is -1.63. The number of carbonyl (C=O) groups excluding carboxylic acids is 2. The average molecular weight is 301 g/mol. The molecule has 0 N–H and O–H groups in total. The number of hydrogen-bond donors (Lipinski definition) is 0. The van der Waals surface area contributed by atoms with Crippen LogP contribution in [0.4, 0.5) is 14.5 Å². The summed E-state index contributed by atoms with van der Waals surface area (Å²) >= 11 is 1.15. The molecule has 0 spiro atoms. The summed E-state index contributed by atoms with van der Waals surface area (Å²) in [7, 11) is 0. The van der Waals surface area contributed by atoms with E-state index in [0.29, 0.717) is 18.7 Å². The lowest BCUT2D eigenvalue weighted by molar-refractivity contribution is -0.117. The van der Waals surface area contributed by atoms with Crippen molar-refractivity contribution >= 4 is 28.5 Å². The molecular formula is C13H13F2NO3S. The molecule has 4 nitrogen and oxygen atoms in total. The van der Waals surface area contributed by atoms with Gasteiger partial charge in [-0.3, -0.25) is 9.59 Å². The van der Waals surface area contributed by atoms with Crippen LogP contribution in [0.5, 0.6) is 5.75 Å². The van der Waals surface area contributed by atoms with Gasteiger partial charge in [0.25, 0.3) is 0 Å². The largest absolute Gasteiger partial charge is 0.435 e. The van der Waals surface area contributed by atoms with Crippen LogP contribution in [0.15, 0.2) is 24.3 Å². The van der Waals surface area contributed by atoms with E-state index < -0.39 is 6.61 Å². The van der Waals surface area contributed by atoms with Gasteiger partial charge in [0.2, 0.25) is 5.91 Å². The van der Waals surface area contributed by atoms with Gasteiger partial charge in [-0.1, -0.05) is 11.8 Å². The van der Waals surface area contributed by atoms with Gasteiger partial charge < -0.3 is 9.64 Å². The van der Waals surface area contributed by atoms with E-state index in [1.54, 1.807) is 17.0 Å². The minimum atomic E-state index is -2.87. The lowest BCUT2D eigenvalue weighted by atomic mass is 10.3. The van der Waals surface area contributed by atoms with Gasteiger partial charge in [-0.2, -0.15) is 8.78 Å². The molecule has 1 aromatic carbocycles. The molecule has 0 saturated carbocycles. The highest BCUT2D eigenvalue weighted by atomic mass is 32.2. The Labute approximate surface area is 119 Å². The van der Waals surface area contributed by atoms with Gasteiger partial charge >= 0.3 is 6.61 Å². The maximum Gasteiger partial charge on any atom is 0.387 e. The predicted octanol–water partition coefficient (Wildman–Crippen LogP) is 2.67. The highest BCUT2D eigenvalue weighted by Gasteiger charge is 2.31. The van der Waals surface area contributed by atoms with Crippen LogP contribution in [-0.2, 0) is 9.59 Å². The molecule has 1 atom stereocenters. The minimum Gasteiger partial charge on any atom is -0.435 e. The highest BCUT2D eigenvalue weighted by molar-refractivity contribution is 8.14. The van der Waals surface area contributed by atoms with Crippen LogP contribution in [0.25, 0.3) is 0 Å². The number of alkyl halides is 2. The standard InChI is InChI=1S/C13H13F2NO3S/c1-8(17)20-11-6-12(18)16(7-11)9-2-4-10(5-3-9)19-13(14)15/h2-5,11,13H,6-7H2,1H3. The summed E-state index contributed by atoms with van der Waals surface area (Å²) < 4.78 is 28.3. The molecule has 1 aliphatic rings. The number of ether oxygens (including phenoxy) is 1. The van der Waals surface area contributed by atoms with Crippen LogP contribution in [-0.4, -0.2) is 29.4 Å². The van der Waals surface area contributed by atoms with Crippen molar-refractivity contribution in [1.82, 2.24) is 0 Å². The number of anilines is 1. The molecule has 2 rings (SSSR count). The number of benzene rings is 1. The molecule has 20 heavy (non-hydrogen) atoms. The van der Waals surface area contributed by atoms with E-state index in [2.05, 4.69) is 4.74 Å². The van der Waals surface area contributed by atoms with E-state index in [-0.39, 0.29) is 22.0 Å². The van der Waals surface area contributed by atoms with Crippen molar-refractivity contribution < 1.29 is 23.1 Å². The van der Waals surface area contributed by atoms with Crippen molar-refractivity contribution in [2.24, 2.45) is 0 Å². The second-order valence-corrected chi connectivity index (χ2v) is 5.79. The molecule has 1 aliphatic heterocycles. The zero-order valence-electron chi connectivity index (χ0n) is 10.7. The molecule has 0 aromatic heterocycles. The molecule has 1 amide bonds. The number of rotatable bonds is 4. The van der Waals surface area contributed by atoms with Gasteiger partial charge in [0, 0.05) is 30.8 Å². The first-order chi connectivity index (χ1) is 9.45. The molecule has 0 bridgehead atoms. The number of amides is 1. The van der Waals surface area contributed by atoms with Crippen molar-refractivity contribution in [1.29, 1.82) is 0 Å². The van der Waals surface area contributed by atoms with Crippen molar-refractivity contribution in [2.45, 2.75) is 25.2 Å². The normalized spacial score (nSPS) is 18.7. The number of nitrogens with zero attached hydrogens (tertiary/aromatic N) is 1. The van der Waals surface area contributed by atoms with Crippen molar-refractivity contribution in [3.8, 4) is 5.75 Å². The summed E-state index contributed by atoms with van der Waals surface area (Å²) in [6.45, 7) is -0.961. The molecule has 1 aromatic rings. The third kappa shape index (κ3) is 3.69. The van der Waals surface area contributed by atoms with Gasteiger partial charge in [0.05, 0.1) is 0 Å². The van der Waals surface area contributed by atoms with Crippen LogP contribution < -0.4 is 9.64 Å². The molecule has 1 heterocycles. The zero-order valence-corrected chi connectivity index (χ0v) is 11.5. The molecule has 0 radical (unpaired) electrons. The Morgan fingerprint density at radius 1 is 1.40 bits per heavy atom. The third-order valence-corrected chi connectivity index (χ3v) is 3.78. The first-order valence-electron chi connectivity index (χ1n) is 5.98. The first kappa shape index (κ1) is 14.8. The lowest BCUT2D eigenvalue weighted by Crippen LogP contribution is -2.24. The Kier molecular flexibility index (Phi) is 4.59. The monoisotopic (exact) mass is 301 g/mol. The summed E-state index contributed by atoms with van der Waals surface area (Å²) in [5.74, 6) is -0.0312. The molecule has 7 heteroatoms. The van der Waals surface area contributed by atoms with Crippen LogP contribution in [0.3, 0.4) is 0 Å². The second kappa shape index (κ2) is 6.21. The van der Waals surface area contributed by atoms with Crippen LogP contribution in [0.1, 0.15) is 13.3 Å². The lowest BCUT2D eigenvalue weighted by Gasteiger charge is -2.16. The Morgan fingerprint density at radius 2 is 2.05 bits per heavy atom. The fourth-order valence-electron chi connectivity index (χ4n) is 2.05. The smallest absolute Gasteiger partial charge is 0.387 e. The summed E-state index contributed by atoms with van der Waals surface area (Å²) in [5, 5.41) is -0.0812. The summed E-state index contributed by atoms with van der Waals surface area (Å²) in [6.07, 6.45) is 0.305. The van der Waals surface area contributed by atoms with Gasteiger partial charge in [0.1, 0.15) is 5.75 Å². The molecule has 0 aliphatic carbocycles. The average Bonchev–Trinajstić information content (AvgIpc) is 2.69. The number of thioether (sulfide) groups is 1. The topological polar surface area (TPSA) is 46.6 Å². The van der Waals surface area contributed by atoms with E-state index in [9.17, 15) is 18.4 Å². The van der Waals surface area contributed by atoms with Gasteiger partial charge in [-0.15, -0.1) is 0 Å². The van der Waals surface area contributed by atoms with Crippen molar-refractivity contribution in [2.75, 3.05) is 11.4 Å². The molecule has 1 unspecified atom stereocenters. The summed E-state index contributed by atoms with van der Waals surface area (Å²) in [6, 6.07) is 5.88. The van der Waals surface area contributed by atoms with Gasteiger partial charge in [-0.25, -0.2) is 0 Å². The Bertz CT molecular complexity index is 507. The summed E-state index contributed by atoms with van der Waals surface area (Å²) in [5.41, 5.74) is 0.614. The Balaban J connectivity index is 2.04. The number of halogens is 2. The third-order valence-electron chi connectivity index (χ3n) is 2.80. The van der Waals surface area contributed by atoms with E-state index >= 15 is 0 Å². The number of carbonyl (C=O) groups is 2. The predicted molar refractivity (Wildman–Crippen MR) is 72.1 cm³/mol. The fourth-order valence-corrected chi connectivity index (χ4v) is 2.96.